The minimum absolute atomic E-state index is 0.748. The van der Waals surface area contributed by atoms with Gasteiger partial charge in [-0.2, -0.15) is 0 Å². The van der Waals surface area contributed by atoms with E-state index >= 15 is 0 Å². The van der Waals surface area contributed by atoms with Gasteiger partial charge in [0.1, 0.15) is 5.82 Å². The van der Waals surface area contributed by atoms with Crippen LogP contribution in [-0.2, 0) is 6.54 Å². The molecule has 0 bridgehead atoms. The molecule has 0 radical (unpaired) electrons. The maximum atomic E-state index is 5.97. The van der Waals surface area contributed by atoms with Gasteiger partial charge in [0.2, 0.25) is 0 Å². The van der Waals surface area contributed by atoms with Crippen molar-refractivity contribution in [2.75, 3.05) is 0 Å². The topological polar surface area (TPSA) is 17.8 Å². The van der Waals surface area contributed by atoms with Crippen LogP contribution in [-0.4, -0.2) is 9.55 Å². The number of aryl methyl sites for hydroxylation is 1. The van der Waals surface area contributed by atoms with Crippen LogP contribution in [0.2, 0.25) is 5.02 Å². The summed E-state index contributed by atoms with van der Waals surface area (Å²) in [7, 11) is 0. The van der Waals surface area contributed by atoms with Crippen molar-refractivity contribution in [1.82, 2.24) is 9.55 Å². The summed E-state index contributed by atoms with van der Waals surface area (Å²) in [6.45, 7) is 3.19. The molecule has 0 N–H and O–H groups in total. The summed E-state index contributed by atoms with van der Waals surface area (Å²) < 4.78 is 2.25. The van der Waals surface area contributed by atoms with Crippen molar-refractivity contribution in [2.24, 2.45) is 0 Å². The first kappa shape index (κ1) is 14.9. The molecule has 3 aromatic rings. The van der Waals surface area contributed by atoms with Crippen molar-refractivity contribution in [3.8, 4) is 22.6 Å². The lowest BCUT2D eigenvalue weighted by molar-refractivity contribution is 0.637. The number of halogens is 1. The van der Waals surface area contributed by atoms with E-state index in [4.69, 9.17) is 16.6 Å². The van der Waals surface area contributed by atoms with E-state index in [9.17, 15) is 0 Å². The first-order valence-corrected chi connectivity index (χ1v) is 8.04. The fourth-order valence-corrected chi connectivity index (χ4v) is 2.62. The monoisotopic (exact) mass is 310 g/mol. The fraction of sp³-hybridized carbons (Fsp3) is 0.211. The second-order valence-electron chi connectivity index (χ2n) is 5.37. The van der Waals surface area contributed by atoms with E-state index in [2.05, 4.69) is 42.0 Å². The van der Waals surface area contributed by atoms with Crippen molar-refractivity contribution in [3.63, 3.8) is 0 Å². The zero-order valence-electron chi connectivity index (χ0n) is 12.7. The lowest BCUT2D eigenvalue weighted by atomic mass is 10.2. The summed E-state index contributed by atoms with van der Waals surface area (Å²) in [6, 6.07) is 18.2. The summed E-state index contributed by atoms with van der Waals surface area (Å²) in [5.41, 5.74) is 3.24. The van der Waals surface area contributed by atoms with Crippen molar-refractivity contribution >= 4 is 11.6 Å². The van der Waals surface area contributed by atoms with Gasteiger partial charge in [-0.25, -0.2) is 4.98 Å². The molecule has 0 aliphatic heterocycles. The van der Waals surface area contributed by atoms with Gasteiger partial charge in [-0.3, -0.25) is 0 Å². The van der Waals surface area contributed by atoms with Gasteiger partial charge in [-0.15, -0.1) is 0 Å². The molecule has 112 valence electrons. The van der Waals surface area contributed by atoms with E-state index in [1.54, 1.807) is 0 Å². The molecule has 0 spiro atoms. The Labute approximate surface area is 136 Å². The average molecular weight is 311 g/mol. The molecule has 0 saturated carbocycles. The molecule has 0 saturated heterocycles. The van der Waals surface area contributed by atoms with E-state index in [0.717, 1.165) is 40.6 Å². The van der Waals surface area contributed by atoms with Gasteiger partial charge in [0, 0.05) is 28.9 Å². The highest BCUT2D eigenvalue weighted by Gasteiger charge is 2.11. The Kier molecular flexibility index (Phi) is 4.59. The molecular weight excluding hydrogens is 292 g/mol. The van der Waals surface area contributed by atoms with Crippen molar-refractivity contribution in [1.29, 1.82) is 0 Å². The molecule has 1 aromatic heterocycles. The van der Waals surface area contributed by atoms with Crippen LogP contribution >= 0.6 is 11.6 Å². The lowest BCUT2D eigenvalue weighted by Gasteiger charge is -2.06. The normalized spacial score (nSPS) is 10.8. The molecule has 0 aliphatic rings. The summed E-state index contributed by atoms with van der Waals surface area (Å²) in [5, 5.41) is 0.748. The van der Waals surface area contributed by atoms with Crippen molar-refractivity contribution in [3.05, 3.63) is 65.8 Å². The van der Waals surface area contributed by atoms with Gasteiger partial charge >= 0.3 is 0 Å². The van der Waals surface area contributed by atoms with Crippen LogP contribution in [0.15, 0.2) is 60.8 Å². The maximum Gasteiger partial charge on any atom is 0.140 e. The zero-order valence-corrected chi connectivity index (χ0v) is 13.4. The molecule has 3 heteroatoms. The minimum atomic E-state index is 0.748. The van der Waals surface area contributed by atoms with Crippen LogP contribution < -0.4 is 0 Å². The Hall–Kier alpha value is -2.06. The predicted octanol–water partition coefficient (Wildman–Crippen LogP) is 5.67. The molecule has 2 aromatic carbocycles. The van der Waals surface area contributed by atoms with E-state index < -0.39 is 0 Å². The number of imidazole rings is 1. The van der Waals surface area contributed by atoms with E-state index in [0.29, 0.717) is 0 Å². The summed E-state index contributed by atoms with van der Waals surface area (Å²) in [6.07, 6.45) is 4.46. The SMILES string of the molecule is CCCCn1cc(-c2ccc(Cl)cc2)nc1-c1ccccc1. The van der Waals surface area contributed by atoms with Crippen LogP contribution in [0.25, 0.3) is 22.6 Å². The number of hydrogen-bond donors (Lipinski definition) is 0. The zero-order chi connectivity index (χ0) is 15.4. The highest BCUT2D eigenvalue weighted by Crippen LogP contribution is 2.26. The van der Waals surface area contributed by atoms with Gasteiger partial charge in [-0.1, -0.05) is 67.4 Å². The second kappa shape index (κ2) is 6.80. The Morgan fingerprint density at radius 2 is 1.68 bits per heavy atom. The van der Waals surface area contributed by atoms with Crippen molar-refractivity contribution < 1.29 is 0 Å². The van der Waals surface area contributed by atoms with Crippen LogP contribution in [0.5, 0.6) is 0 Å². The Bertz CT molecular complexity index is 730. The maximum absolute atomic E-state index is 5.97. The molecule has 3 rings (SSSR count). The van der Waals surface area contributed by atoms with E-state index in [-0.39, 0.29) is 0 Å². The molecule has 0 unspecified atom stereocenters. The van der Waals surface area contributed by atoms with Crippen LogP contribution in [0.3, 0.4) is 0 Å². The first-order valence-electron chi connectivity index (χ1n) is 7.66. The van der Waals surface area contributed by atoms with Gasteiger partial charge in [-0.05, 0) is 18.6 Å². The largest absolute Gasteiger partial charge is 0.330 e. The molecule has 22 heavy (non-hydrogen) atoms. The van der Waals surface area contributed by atoms with Crippen LogP contribution in [0.4, 0.5) is 0 Å². The van der Waals surface area contributed by atoms with Crippen molar-refractivity contribution in [2.45, 2.75) is 26.3 Å². The third-order valence-corrected chi connectivity index (χ3v) is 3.95. The predicted molar refractivity (Wildman–Crippen MR) is 93.0 cm³/mol. The fourth-order valence-electron chi connectivity index (χ4n) is 2.49. The Balaban J connectivity index is 2.02. The van der Waals surface area contributed by atoms with Gasteiger partial charge in [0.25, 0.3) is 0 Å². The highest BCUT2D eigenvalue weighted by molar-refractivity contribution is 6.30. The average Bonchev–Trinajstić information content (AvgIpc) is 2.98. The quantitative estimate of drug-likeness (QED) is 0.593. The third-order valence-electron chi connectivity index (χ3n) is 3.70. The molecule has 0 amide bonds. The summed E-state index contributed by atoms with van der Waals surface area (Å²) in [4.78, 5) is 4.85. The number of nitrogens with zero attached hydrogens (tertiary/aromatic N) is 2. The summed E-state index contributed by atoms with van der Waals surface area (Å²) in [5.74, 6) is 1.03. The number of unbranched alkanes of at least 4 members (excludes halogenated alkanes) is 1. The van der Waals surface area contributed by atoms with Gasteiger partial charge < -0.3 is 4.57 Å². The molecule has 1 heterocycles. The molecular formula is C19H19ClN2. The minimum Gasteiger partial charge on any atom is -0.330 e. The van der Waals surface area contributed by atoms with Crippen LogP contribution in [0.1, 0.15) is 19.8 Å². The highest BCUT2D eigenvalue weighted by atomic mass is 35.5. The van der Waals surface area contributed by atoms with Gasteiger partial charge in [0.15, 0.2) is 0 Å². The number of hydrogen-bond acceptors (Lipinski definition) is 1. The number of aromatic nitrogens is 2. The smallest absolute Gasteiger partial charge is 0.140 e. The number of rotatable bonds is 5. The van der Waals surface area contributed by atoms with E-state index in [1.807, 2.05) is 30.3 Å². The third kappa shape index (κ3) is 3.23. The molecule has 2 nitrogen and oxygen atoms in total. The molecule has 0 aliphatic carbocycles. The molecule has 0 fully saturated rings. The first-order chi connectivity index (χ1) is 10.8. The summed E-state index contributed by atoms with van der Waals surface area (Å²) >= 11 is 5.97. The van der Waals surface area contributed by atoms with Crippen LogP contribution in [0, 0.1) is 0 Å². The Morgan fingerprint density at radius 3 is 2.36 bits per heavy atom. The lowest BCUT2D eigenvalue weighted by Crippen LogP contribution is -1.98. The molecule has 0 atom stereocenters. The van der Waals surface area contributed by atoms with Gasteiger partial charge in [0.05, 0.1) is 5.69 Å². The second-order valence-corrected chi connectivity index (χ2v) is 5.81. The Morgan fingerprint density at radius 1 is 0.955 bits per heavy atom. The number of benzene rings is 2. The standard InChI is InChI=1S/C19H19ClN2/c1-2-3-13-22-14-18(15-9-11-17(20)12-10-15)21-19(22)16-7-5-4-6-8-16/h4-12,14H,2-3,13H2,1H3. The van der Waals surface area contributed by atoms with E-state index in [1.165, 1.54) is 6.42 Å².